The summed E-state index contributed by atoms with van der Waals surface area (Å²) < 4.78 is 5.94. The minimum absolute atomic E-state index is 0.296. The molecule has 1 heterocycles. The fourth-order valence-electron chi connectivity index (χ4n) is 3.27. The van der Waals surface area contributed by atoms with Crippen LogP contribution in [0, 0.1) is 5.92 Å². The molecule has 2 aromatic carbocycles. The highest BCUT2D eigenvalue weighted by atomic mass is 16.5. The predicted octanol–water partition coefficient (Wildman–Crippen LogP) is 3.28. The number of likely N-dealkylation sites (tertiary alicyclic amines) is 1. The van der Waals surface area contributed by atoms with Crippen LogP contribution in [0.3, 0.4) is 0 Å². The Morgan fingerprint density at radius 2 is 2.05 bits per heavy atom. The largest absolute Gasteiger partial charge is 0.492 e. The molecule has 2 aromatic rings. The molecule has 1 fully saturated rings. The Hall–Kier alpha value is -1.58. The van der Waals surface area contributed by atoms with Gasteiger partial charge in [0, 0.05) is 19.1 Å². The number of piperidine rings is 1. The van der Waals surface area contributed by atoms with Gasteiger partial charge < -0.3 is 10.5 Å². The summed E-state index contributed by atoms with van der Waals surface area (Å²) in [4.78, 5) is 2.48. The molecule has 0 bridgehead atoms. The third kappa shape index (κ3) is 3.79. The van der Waals surface area contributed by atoms with Crippen LogP contribution >= 0.6 is 0 Å². The van der Waals surface area contributed by atoms with Crippen molar-refractivity contribution in [2.75, 3.05) is 26.2 Å². The van der Waals surface area contributed by atoms with Crippen molar-refractivity contribution in [2.24, 2.45) is 11.7 Å². The van der Waals surface area contributed by atoms with E-state index in [0.29, 0.717) is 12.0 Å². The Bertz CT molecular complexity index is 611. The smallest absolute Gasteiger partial charge is 0.120 e. The third-order valence-corrected chi connectivity index (χ3v) is 4.68. The lowest BCUT2D eigenvalue weighted by molar-refractivity contribution is 0.137. The van der Waals surface area contributed by atoms with E-state index in [4.69, 9.17) is 10.5 Å². The van der Waals surface area contributed by atoms with Crippen molar-refractivity contribution in [3.05, 3.63) is 42.5 Å². The van der Waals surface area contributed by atoms with E-state index in [1.54, 1.807) is 0 Å². The van der Waals surface area contributed by atoms with Crippen LogP contribution in [-0.2, 0) is 0 Å². The highest BCUT2D eigenvalue weighted by molar-refractivity contribution is 5.83. The second-order valence-corrected chi connectivity index (χ2v) is 6.42. The van der Waals surface area contributed by atoms with Gasteiger partial charge in [0.25, 0.3) is 0 Å². The van der Waals surface area contributed by atoms with E-state index < -0.39 is 0 Å². The first-order chi connectivity index (χ1) is 10.7. The molecule has 0 aromatic heterocycles. The van der Waals surface area contributed by atoms with Crippen LogP contribution in [0.15, 0.2) is 42.5 Å². The lowest BCUT2D eigenvalue weighted by atomic mass is 9.92. The number of hydrogen-bond donors (Lipinski definition) is 1. The zero-order chi connectivity index (χ0) is 15.4. The molecule has 2 unspecified atom stereocenters. The number of ether oxygens (including phenoxy) is 1. The molecule has 1 saturated heterocycles. The van der Waals surface area contributed by atoms with Gasteiger partial charge in [-0.2, -0.15) is 0 Å². The summed E-state index contributed by atoms with van der Waals surface area (Å²) in [6, 6.07) is 15.0. The maximum absolute atomic E-state index is 6.04. The number of nitrogens with zero attached hydrogens (tertiary/aromatic N) is 1. The second-order valence-electron chi connectivity index (χ2n) is 6.42. The van der Waals surface area contributed by atoms with E-state index in [9.17, 15) is 0 Å². The van der Waals surface area contributed by atoms with Gasteiger partial charge in [-0.1, -0.05) is 30.3 Å². The Kier molecular flexibility index (Phi) is 4.96. The van der Waals surface area contributed by atoms with Crippen LogP contribution < -0.4 is 10.5 Å². The van der Waals surface area contributed by atoms with Crippen LogP contribution in [0.2, 0.25) is 0 Å². The third-order valence-electron chi connectivity index (χ3n) is 4.68. The lowest BCUT2D eigenvalue weighted by Gasteiger charge is -2.34. The fraction of sp³-hybridized carbons (Fsp3) is 0.474. The average Bonchev–Trinajstić information content (AvgIpc) is 2.55. The fourth-order valence-corrected chi connectivity index (χ4v) is 3.27. The van der Waals surface area contributed by atoms with Crippen LogP contribution in [0.1, 0.15) is 19.8 Å². The van der Waals surface area contributed by atoms with Crippen LogP contribution in [0.25, 0.3) is 10.8 Å². The number of hydrogen-bond acceptors (Lipinski definition) is 3. The van der Waals surface area contributed by atoms with E-state index in [1.807, 2.05) is 0 Å². The molecule has 0 amide bonds. The zero-order valence-electron chi connectivity index (χ0n) is 13.4. The zero-order valence-corrected chi connectivity index (χ0v) is 13.4. The topological polar surface area (TPSA) is 38.5 Å². The van der Waals surface area contributed by atoms with Crippen LogP contribution in [0.4, 0.5) is 0 Å². The van der Waals surface area contributed by atoms with Crippen molar-refractivity contribution < 1.29 is 4.74 Å². The summed E-state index contributed by atoms with van der Waals surface area (Å²) in [7, 11) is 0. The van der Waals surface area contributed by atoms with Gasteiger partial charge in [-0.15, -0.1) is 0 Å². The van der Waals surface area contributed by atoms with Gasteiger partial charge in [0.15, 0.2) is 0 Å². The summed E-state index contributed by atoms with van der Waals surface area (Å²) in [6.07, 6.45) is 2.52. The molecule has 22 heavy (non-hydrogen) atoms. The maximum atomic E-state index is 6.04. The SMILES string of the molecule is CC(N)C1CCCN(CCOc2ccc3ccccc3c2)C1. The van der Waals surface area contributed by atoms with Crippen molar-refractivity contribution in [2.45, 2.75) is 25.8 Å². The molecular formula is C19H26N2O. The quantitative estimate of drug-likeness (QED) is 0.920. The standard InChI is InChI=1S/C19H26N2O/c1-15(20)18-7-4-10-21(14-18)11-12-22-19-9-8-16-5-2-3-6-17(16)13-19/h2-3,5-6,8-9,13,15,18H,4,7,10-12,14,20H2,1H3. The van der Waals surface area contributed by atoms with E-state index in [0.717, 1.165) is 25.4 Å². The van der Waals surface area contributed by atoms with Crippen molar-refractivity contribution in [1.82, 2.24) is 4.90 Å². The van der Waals surface area contributed by atoms with Crippen LogP contribution in [0.5, 0.6) is 5.75 Å². The number of benzene rings is 2. The molecule has 0 spiro atoms. The first-order valence-corrected chi connectivity index (χ1v) is 8.32. The molecule has 118 valence electrons. The Labute approximate surface area is 133 Å². The number of fused-ring (bicyclic) bond motifs is 1. The predicted molar refractivity (Wildman–Crippen MR) is 92.3 cm³/mol. The van der Waals surface area contributed by atoms with E-state index in [-0.39, 0.29) is 0 Å². The van der Waals surface area contributed by atoms with E-state index in [2.05, 4.69) is 54.3 Å². The molecule has 1 aliphatic rings. The van der Waals surface area contributed by atoms with E-state index >= 15 is 0 Å². The Morgan fingerprint density at radius 3 is 2.86 bits per heavy atom. The first-order valence-electron chi connectivity index (χ1n) is 8.32. The Balaban J connectivity index is 1.51. The van der Waals surface area contributed by atoms with E-state index in [1.165, 1.54) is 30.2 Å². The minimum Gasteiger partial charge on any atom is -0.492 e. The Morgan fingerprint density at radius 1 is 1.23 bits per heavy atom. The van der Waals surface area contributed by atoms with Crippen molar-refractivity contribution in [1.29, 1.82) is 0 Å². The average molecular weight is 298 g/mol. The molecule has 0 radical (unpaired) electrons. The van der Waals surface area contributed by atoms with Gasteiger partial charge in [0.1, 0.15) is 12.4 Å². The minimum atomic E-state index is 0.296. The molecular weight excluding hydrogens is 272 g/mol. The van der Waals surface area contributed by atoms with Crippen molar-refractivity contribution in [3.8, 4) is 5.75 Å². The van der Waals surface area contributed by atoms with Crippen molar-refractivity contribution >= 4 is 10.8 Å². The highest BCUT2D eigenvalue weighted by Crippen LogP contribution is 2.21. The molecule has 0 aliphatic carbocycles. The molecule has 3 heteroatoms. The van der Waals surface area contributed by atoms with Gasteiger partial charge in [0.05, 0.1) is 0 Å². The van der Waals surface area contributed by atoms with Gasteiger partial charge in [0.2, 0.25) is 0 Å². The summed E-state index contributed by atoms with van der Waals surface area (Å²) >= 11 is 0. The summed E-state index contributed by atoms with van der Waals surface area (Å²) in [5, 5.41) is 2.49. The highest BCUT2D eigenvalue weighted by Gasteiger charge is 2.22. The molecule has 0 saturated carbocycles. The van der Waals surface area contributed by atoms with Gasteiger partial charge >= 0.3 is 0 Å². The number of rotatable bonds is 5. The summed E-state index contributed by atoms with van der Waals surface area (Å²) in [5.74, 6) is 1.59. The molecule has 2 N–H and O–H groups in total. The van der Waals surface area contributed by atoms with Crippen molar-refractivity contribution in [3.63, 3.8) is 0 Å². The number of nitrogens with two attached hydrogens (primary N) is 1. The second kappa shape index (κ2) is 7.12. The normalized spacial score (nSPS) is 20.9. The lowest BCUT2D eigenvalue weighted by Crippen LogP contribution is -2.43. The molecule has 2 atom stereocenters. The van der Waals surface area contributed by atoms with Gasteiger partial charge in [-0.3, -0.25) is 4.90 Å². The molecule has 3 nitrogen and oxygen atoms in total. The summed E-state index contributed by atoms with van der Waals surface area (Å²) in [5.41, 5.74) is 6.04. The monoisotopic (exact) mass is 298 g/mol. The summed E-state index contributed by atoms with van der Waals surface area (Å²) in [6.45, 7) is 6.13. The maximum Gasteiger partial charge on any atom is 0.120 e. The van der Waals surface area contributed by atoms with Crippen LogP contribution in [-0.4, -0.2) is 37.2 Å². The first kappa shape index (κ1) is 15.3. The molecule has 3 rings (SSSR count). The van der Waals surface area contributed by atoms with Gasteiger partial charge in [-0.05, 0) is 55.1 Å². The van der Waals surface area contributed by atoms with Gasteiger partial charge in [-0.25, -0.2) is 0 Å². The molecule has 1 aliphatic heterocycles.